The highest BCUT2D eigenvalue weighted by molar-refractivity contribution is 7.92. The van der Waals surface area contributed by atoms with Crippen LogP contribution in [0.15, 0.2) is 47.4 Å². The summed E-state index contributed by atoms with van der Waals surface area (Å²) in [7, 11) is -3.97. The molecule has 0 amide bonds. The molecule has 3 aromatic rings. The number of aryl methyl sites for hydroxylation is 2. The van der Waals surface area contributed by atoms with Gasteiger partial charge in [-0.05, 0) is 68.0 Å². The van der Waals surface area contributed by atoms with Crippen molar-refractivity contribution in [1.82, 2.24) is 9.97 Å². The first-order valence-corrected chi connectivity index (χ1v) is 12.1. The quantitative estimate of drug-likeness (QED) is 0.600. The molecule has 0 bridgehead atoms. The van der Waals surface area contributed by atoms with Gasteiger partial charge in [0.1, 0.15) is 5.69 Å². The molecule has 4 rings (SSSR count). The van der Waals surface area contributed by atoms with E-state index >= 15 is 0 Å². The number of nitrogens with zero attached hydrogens (tertiary/aromatic N) is 4. The minimum Gasteiger partial charge on any atom is -0.355 e. The maximum absolute atomic E-state index is 13.5. The van der Waals surface area contributed by atoms with Crippen LogP contribution < -0.4 is 4.90 Å². The highest BCUT2D eigenvalue weighted by atomic mass is 32.2. The average molecular weight is 435 g/mol. The van der Waals surface area contributed by atoms with Gasteiger partial charge in [-0.1, -0.05) is 25.1 Å². The highest BCUT2D eigenvalue weighted by Gasteiger charge is 2.35. The zero-order valence-electron chi connectivity index (χ0n) is 18.0. The van der Waals surface area contributed by atoms with Gasteiger partial charge in [-0.2, -0.15) is 5.26 Å². The third-order valence-electron chi connectivity index (χ3n) is 6.14. The van der Waals surface area contributed by atoms with Crippen LogP contribution in [0.25, 0.3) is 11.0 Å². The van der Waals surface area contributed by atoms with Crippen LogP contribution in [0.5, 0.6) is 0 Å². The smallest absolute Gasteiger partial charge is 0.200 e. The maximum Gasteiger partial charge on any atom is 0.200 e. The molecule has 0 radical (unpaired) electrons. The van der Waals surface area contributed by atoms with Crippen molar-refractivity contribution in [2.24, 2.45) is 5.92 Å². The van der Waals surface area contributed by atoms with Crippen molar-refractivity contribution >= 4 is 26.7 Å². The van der Waals surface area contributed by atoms with Crippen molar-refractivity contribution in [3.05, 3.63) is 59.3 Å². The summed E-state index contributed by atoms with van der Waals surface area (Å²) in [6.45, 7) is 7.54. The number of piperidine rings is 1. The first kappa shape index (κ1) is 21.3. The minimum absolute atomic E-state index is 0.135. The lowest BCUT2D eigenvalue weighted by molar-refractivity contribution is 0.436. The largest absolute Gasteiger partial charge is 0.355 e. The van der Waals surface area contributed by atoms with E-state index in [0.29, 0.717) is 22.8 Å². The molecule has 6 nitrogen and oxygen atoms in total. The lowest BCUT2D eigenvalue weighted by Crippen LogP contribution is -2.35. The predicted octanol–water partition coefficient (Wildman–Crippen LogP) is 4.52. The number of rotatable bonds is 4. The van der Waals surface area contributed by atoms with Crippen molar-refractivity contribution in [1.29, 1.82) is 5.26 Å². The molecular weight excluding hydrogens is 408 g/mol. The molecule has 0 unspecified atom stereocenters. The fourth-order valence-electron chi connectivity index (χ4n) is 3.94. The zero-order chi connectivity index (χ0) is 22.2. The van der Waals surface area contributed by atoms with E-state index < -0.39 is 15.1 Å². The Bertz CT molecular complexity index is 1270. The summed E-state index contributed by atoms with van der Waals surface area (Å²) in [5, 5.41) is 8.59. The van der Waals surface area contributed by atoms with E-state index in [9.17, 15) is 13.7 Å². The van der Waals surface area contributed by atoms with Crippen LogP contribution in [-0.2, 0) is 9.84 Å². The summed E-state index contributed by atoms with van der Waals surface area (Å²) in [4.78, 5) is 11.7. The van der Waals surface area contributed by atoms with Gasteiger partial charge in [0.15, 0.2) is 11.1 Å². The zero-order valence-corrected chi connectivity index (χ0v) is 18.9. The van der Waals surface area contributed by atoms with Gasteiger partial charge < -0.3 is 4.90 Å². The van der Waals surface area contributed by atoms with Gasteiger partial charge in [-0.15, -0.1) is 0 Å². The molecular formula is C24H26N4O2S. The van der Waals surface area contributed by atoms with Crippen LogP contribution in [0.4, 0.5) is 5.82 Å². The average Bonchev–Trinajstić information content (AvgIpc) is 2.76. The van der Waals surface area contributed by atoms with Crippen molar-refractivity contribution < 1.29 is 8.42 Å². The number of anilines is 1. The normalized spacial score (nSPS) is 16.3. The van der Waals surface area contributed by atoms with E-state index in [1.54, 1.807) is 24.3 Å². The Hall–Kier alpha value is -2.98. The molecule has 1 aromatic heterocycles. The van der Waals surface area contributed by atoms with Crippen LogP contribution in [0.3, 0.4) is 0 Å². The predicted molar refractivity (Wildman–Crippen MR) is 122 cm³/mol. The van der Waals surface area contributed by atoms with Crippen molar-refractivity contribution in [3.8, 4) is 6.07 Å². The number of hydrogen-bond donors (Lipinski definition) is 0. The second kappa shape index (κ2) is 8.27. The molecule has 0 N–H and O–H groups in total. The van der Waals surface area contributed by atoms with Gasteiger partial charge in [0, 0.05) is 13.1 Å². The Morgan fingerprint density at radius 2 is 1.68 bits per heavy atom. The molecule has 2 aromatic carbocycles. The first-order chi connectivity index (χ1) is 14.8. The molecule has 2 heterocycles. The van der Waals surface area contributed by atoms with E-state index in [2.05, 4.69) is 16.8 Å². The molecule has 160 valence electrons. The number of aromatic nitrogens is 2. The molecule has 1 aliphatic heterocycles. The number of para-hydroxylation sites is 2. The fraction of sp³-hybridized carbons (Fsp3) is 0.375. The number of sulfone groups is 1. The summed E-state index contributed by atoms with van der Waals surface area (Å²) in [5.74, 6) is 1.11. The van der Waals surface area contributed by atoms with E-state index in [1.807, 2.05) is 38.1 Å². The molecule has 0 spiro atoms. The lowest BCUT2D eigenvalue weighted by Gasteiger charge is -2.32. The van der Waals surface area contributed by atoms with Gasteiger partial charge in [-0.3, -0.25) is 0 Å². The van der Waals surface area contributed by atoms with Crippen LogP contribution in [0.2, 0.25) is 0 Å². The Labute approximate surface area is 183 Å². The minimum atomic E-state index is -3.97. The van der Waals surface area contributed by atoms with Gasteiger partial charge >= 0.3 is 0 Å². The highest BCUT2D eigenvalue weighted by Crippen LogP contribution is 2.35. The van der Waals surface area contributed by atoms with Crippen molar-refractivity contribution in [2.75, 3.05) is 18.0 Å². The summed E-state index contributed by atoms with van der Waals surface area (Å²) in [6, 6.07) is 14.4. The van der Waals surface area contributed by atoms with E-state index in [4.69, 9.17) is 4.98 Å². The topological polar surface area (TPSA) is 86.9 Å². The van der Waals surface area contributed by atoms with Crippen LogP contribution in [-0.4, -0.2) is 31.5 Å². The molecule has 0 aliphatic carbocycles. The second-order valence-electron chi connectivity index (χ2n) is 8.39. The SMILES string of the molecule is Cc1ccc(S(=O)(=O)[C@H](C#N)c2nc3ccccc3nc2N2CCC(C)CC2)cc1C. The second-order valence-corrected chi connectivity index (χ2v) is 10.4. The Morgan fingerprint density at radius 1 is 1.03 bits per heavy atom. The van der Waals surface area contributed by atoms with E-state index in [-0.39, 0.29) is 10.6 Å². The van der Waals surface area contributed by atoms with Crippen molar-refractivity contribution in [2.45, 2.75) is 43.8 Å². The maximum atomic E-state index is 13.5. The standard InChI is InChI=1S/C24H26N4O2S/c1-16-10-12-28(13-11-16)24-23(26-20-6-4-5-7-21(20)27-24)22(15-25)31(29,30)19-9-8-17(2)18(3)14-19/h4-9,14,16,22H,10-13H2,1-3H3/t22-/m1/s1. The van der Waals surface area contributed by atoms with Gasteiger partial charge in [0.25, 0.3) is 0 Å². The fourth-order valence-corrected chi connectivity index (χ4v) is 5.40. The summed E-state index contributed by atoms with van der Waals surface area (Å²) in [5.41, 5.74) is 3.37. The van der Waals surface area contributed by atoms with Crippen molar-refractivity contribution in [3.63, 3.8) is 0 Å². The van der Waals surface area contributed by atoms with Gasteiger partial charge in [0.2, 0.25) is 9.84 Å². The molecule has 1 atom stereocenters. The summed E-state index contributed by atoms with van der Waals surface area (Å²) < 4.78 is 27.1. The number of nitriles is 1. The number of fused-ring (bicyclic) bond motifs is 1. The van der Waals surface area contributed by atoms with Crippen LogP contribution >= 0.6 is 0 Å². The lowest BCUT2D eigenvalue weighted by atomic mass is 9.99. The Kier molecular flexibility index (Phi) is 5.67. The van der Waals surface area contributed by atoms with Gasteiger partial charge in [0.05, 0.1) is 22.0 Å². The summed E-state index contributed by atoms with van der Waals surface area (Å²) >= 11 is 0. The number of hydrogen-bond acceptors (Lipinski definition) is 6. The third kappa shape index (κ3) is 4.00. The molecule has 1 fully saturated rings. The molecule has 31 heavy (non-hydrogen) atoms. The van der Waals surface area contributed by atoms with Crippen LogP contribution in [0, 0.1) is 31.1 Å². The van der Waals surface area contributed by atoms with E-state index in [1.165, 1.54) is 0 Å². The van der Waals surface area contributed by atoms with E-state index in [0.717, 1.165) is 37.1 Å². The third-order valence-corrected chi connectivity index (χ3v) is 8.00. The number of benzene rings is 2. The first-order valence-electron chi connectivity index (χ1n) is 10.5. The molecule has 0 saturated carbocycles. The Morgan fingerprint density at radius 3 is 2.29 bits per heavy atom. The van der Waals surface area contributed by atoms with Crippen LogP contribution in [0.1, 0.15) is 41.8 Å². The van der Waals surface area contributed by atoms with Gasteiger partial charge in [-0.25, -0.2) is 18.4 Å². The molecule has 7 heteroatoms. The summed E-state index contributed by atoms with van der Waals surface area (Å²) in [6.07, 6.45) is 1.99. The monoisotopic (exact) mass is 434 g/mol. The molecule has 1 aliphatic rings. The molecule has 1 saturated heterocycles. The Balaban J connectivity index is 1.88.